The van der Waals surface area contributed by atoms with Gasteiger partial charge >= 0.3 is 0 Å². The van der Waals surface area contributed by atoms with Crippen LogP contribution in [0.3, 0.4) is 0 Å². The van der Waals surface area contributed by atoms with Crippen molar-refractivity contribution < 1.29 is 9.90 Å². The van der Waals surface area contributed by atoms with Crippen LogP contribution in [0, 0.1) is 0 Å². The van der Waals surface area contributed by atoms with Crippen LogP contribution in [-0.4, -0.2) is 43.3 Å². The van der Waals surface area contributed by atoms with E-state index in [2.05, 4.69) is 10.1 Å². The van der Waals surface area contributed by atoms with Crippen LogP contribution in [0.15, 0.2) is 36.7 Å². The van der Waals surface area contributed by atoms with Gasteiger partial charge in [0, 0.05) is 6.54 Å². The zero-order valence-corrected chi connectivity index (χ0v) is 15.1. The van der Waals surface area contributed by atoms with Gasteiger partial charge in [-0.05, 0) is 45.6 Å². The molecule has 0 spiro atoms. The van der Waals surface area contributed by atoms with E-state index in [0.29, 0.717) is 6.54 Å². The third kappa shape index (κ3) is 3.74. The van der Waals surface area contributed by atoms with E-state index < -0.39 is 6.10 Å². The fraction of sp³-hybridized carbons (Fsp3) is 0.526. The maximum Gasteiger partial charge on any atom is 0.293 e. The van der Waals surface area contributed by atoms with Crippen LogP contribution < -0.4 is 0 Å². The van der Waals surface area contributed by atoms with Gasteiger partial charge in [-0.3, -0.25) is 4.79 Å². The number of hydrogen-bond donors (Lipinski definition) is 1. The maximum absolute atomic E-state index is 13.0. The van der Waals surface area contributed by atoms with Gasteiger partial charge in [-0.1, -0.05) is 30.3 Å². The van der Waals surface area contributed by atoms with E-state index in [0.717, 1.165) is 24.8 Å². The number of likely N-dealkylation sites (tertiary alicyclic amines) is 1. The fourth-order valence-electron chi connectivity index (χ4n) is 3.22. The summed E-state index contributed by atoms with van der Waals surface area (Å²) >= 11 is 0. The van der Waals surface area contributed by atoms with E-state index in [9.17, 15) is 9.90 Å². The van der Waals surface area contributed by atoms with Crippen molar-refractivity contribution >= 4 is 5.91 Å². The predicted molar refractivity (Wildman–Crippen MR) is 95.1 cm³/mol. The number of carbonyl (C=O) groups is 1. The highest BCUT2D eigenvalue weighted by Gasteiger charge is 2.35. The Morgan fingerprint density at radius 3 is 2.60 bits per heavy atom. The molecule has 1 aromatic heterocycles. The van der Waals surface area contributed by atoms with Gasteiger partial charge in [0.15, 0.2) is 0 Å². The molecular weight excluding hydrogens is 316 g/mol. The summed E-state index contributed by atoms with van der Waals surface area (Å²) in [6.45, 7) is 6.66. The number of aliphatic hydroxyl groups is 1. The zero-order valence-electron chi connectivity index (χ0n) is 15.1. The molecule has 25 heavy (non-hydrogen) atoms. The minimum atomic E-state index is -0.699. The standard InChI is InChI=1S/C19H26N4O2/c1-19(2,3)23-13-20-17(21-23)18(25)22-12-8-7-11-15(22)16(24)14-9-5-4-6-10-14/h4-6,9-10,13,15-16,24H,7-8,11-12H2,1-3H3. The molecule has 2 heterocycles. The number of rotatable bonds is 3. The Kier molecular flexibility index (Phi) is 4.90. The van der Waals surface area contributed by atoms with Gasteiger partial charge in [0.1, 0.15) is 6.33 Å². The molecule has 6 heteroatoms. The Morgan fingerprint density at radius 1 is 1.24 bits per heavy atom. The van der Waals surface area contributed by atoms with Crippen molar-refractivity contribution in [1.82, 2.24) is 19.7 Å². The highest BCUT2D eigenvalue weighted by atomic mass is 16.3. The Morgan fingerprint density at radius 2 is 1.96 bits per heavy atom. The zero-order chi connectivity index (χ0) is 18.0. The van der Waals surface area contributed by atoms with Crippen LogP contribution in [0.5, 0.6) is 0 Å². The Balaban J connectivity index is 1.83. The molecule has 1 amide bonds. The third-order valence-electron chi connectivity index (χ3n) is 4.69. The monoisotopic (exact) mass is 342 g/mol. The van der Waals surface area contributed by atoms with Crippen LogP contribution in [0.1, 0.15) is 62.3 Å². The summed E-state index contributed by atoms with van der Waals surface area (Å²) in [6.07, 6.45) is 3.61. The topological polar surface area (TPSA) is 71.2 Å². The molecule has 1 fully saturated rings. The molecule has 2 unspecified atom stereocenters. The first-order valence-corrected chi connectivity index (χ1v) is 8.84. The molecular formula is C19H26N4O2. The molecule has 2 aromatic rings. The molecule has 1 aliphatic heterocycles. The van der Waals surface area contributed by atoms with Gasteiger partial charge in [-0.25, -0.2) is 9.67 Å². The lowest BCUT2D eigenvalue weighted by molar-refractivity contribution is 0.0203. The Bertz CT molecular complexity index is 721. The number of hydrogen-bond acceptors (Lipinski definition) is 4. The lowest BCUT2D eigenvalue weighted by atomic mass is 9.93. The van der Waals surface area contributed by atoms with Crippen molar-refractivity contribution in [2.45, 2.75) is 57.7 Å². The number of nitrogens with zero attached hydrogens (tertiary/aromatic N) is 4. The van der Waals surface area contributed by atoms with E-state index in [1.54, 1.807) is 15.9 Å². The summed E-state index contributed by atoms with van der Waals surface area (Å²) in [4.78, 5) is 18.9. The average Bonchev–Trinajstić information content (AvgIpc) is 3.12. The summed E-state index contributed by atoms with van der Waals surface area (Å²) in [5.41, 5.74) is 0.608. The largest absolute Gasteiger partial charge is 0.386 e. The predicted octanol–water partition coefficient (Wildman–Crippen LogP) is 2.76. The van der Waals surface area contributed by atoms with Crippen molar-refractivity contribution in [3.05, 3.63) is 48.0 Å². The van der Waals surface area contributed by atoms with Gasteiger partial charge in [0.25, 0.3) is 5.91 Å². The second-order valence-electron chi connectivity index (χ2n) is 7.60. The molecule has 0 bridgehead atoms. The number of aromatic nitrogens is 3. The lowest BCUT2D eigenvalue weighted by Crippen LogP contribution is -2.47. The molecule has 3 rings (SSSR count). The van der Waals surface area contributed by atoms with Crippen LogP contribution >= 0.6 is 0 Å². The number of amides is 1. The van der Waals surface area contributed by atoms with Gasteiger partial charge in [-0.2, -0.15) is 0 Å². The van der Waals surface area contributed by atoms with E-state index in [1.807, 2.05) is 51.1 Å². The summed E-state index contributed by atoms with van der Waals surface area (Å²) in [5.74, 6) is -0.00947. The van der Waals surface area contributed by atoms with Crippen LogP contribution in [0.25, 0.3) is 0 Å². The lowest BCUT2D eigenvalue weighted by Gasteiger charge is -2.38. The molecule has 0 saturated carbocycles. The molecule has 0 radical (unpaired) electrons. The second-order valence-corrected chi connectivity index (χ2v) is 7.60. The van der Waals surface area contributed by atoms with Crippen molar-refractivity contribution in [2.24, 2.45) is 0 Å². The summed E-state index contributed by atoms with van der Waals surface area (Å²) in [6, 6.07) is 9.27. The maximum atomic E-state index is 13.0. The molecule has 2 atom stereocenters. The normalized spacial score (nSPS) is 19.7. The molecule has 0 aliphatic carbocycles. The summed E-state index contributed by atoms with van der Waals surface area (Å²) < 4.78 is 1.70. The van der Waals surface area contributed by atoms with Gasteiger partial charge in [0.05, 0.1) is 17.7 Å². The van der Waals surface area contributed by atoms with Crippen LogP contribution in [-0.2, 0) is 5.54 Å². The van der Waals surface area contributed by atoms with E-state index >= 15 is 0 Å². The first-order chi connectivity index (χ1) is 11.9. The molecule has 134 valence electrons. The van der Waals surface area contributed by atoms with Crippen molar-refractivity contribution in [3.63, 3.8) is 0 Å². The highest BCUT2D eigenvalue weighted by molar-refractivity contribution is 5.90. The Hall–Kier alpha value is -2.21. The first kappa shape index (κ1) is 17.6. The van der Waals surface area contributed by atoms with Gasteiger partial charge < -0.3 is 10.0 Å². The average molecular weight is 342 g/mol. The van der Waals surface area contributed by atoms with E-state index in [1.165, 1.54) is 0 Å². The third-order valence-corrected chi connectivity index (χ3v) is 4.69. The number of piperidine rings is 1. The van der Waals surface area contributed by atoms with E-state index in [-0.39, 0.29) is 23.3 Å². The van der Waals surface area contributed by atoms with Gasteiger partial charge in [-0.15, -0.1) is 5.10 Å². The summed E-state index contributed by atoms with van der Waals surface area (Å²) in [7, 11) is 0. The Labute approximate surface area is 148 Å². The smallest absolute Gasteiger partial charge is 0.293 e. The molecule has 1 saturated heterocycles. The van der Waals surface area contributed by atoms with Crippen LogP contribution in [0.2, 0.25) is 0 Å². The van der Waals surface area contributed by atoms with Gasteiger partial charge in [0.2, 0.25) is 5.82 Å². The first-order valence-electron chi connectivity index (χ1n) is 8.84. The summed E-state index contributed by atoms with van der Waals surface area (Å²) in [5, 5.41) is 15.2. The number of carbonyl (C=O) groups excluding carboxylic acids is 1. The minimum Gasteiger partial charge on any atom is -0.386 e. The molecule has 1 N–H and O–H groups in total. The minimum absolute atomic E-state index is 0.196. The fourth-order valence-corrected chi connectivity index (χ4v) is 3.22. The number of benzene rings is 1. The molecule has 1 aromatic carbocycles. The highest BCUT2D eigenvalue weighted by Crippen LogP contribution is 2.29. The SMILES string of the molecule is CC(C)(C)n1cnc(C(=O)N2CCCCC2C(O)c2ccccc2)n1. The van der Waals surface area contributed by atoms with E-state index in [4.69, 9.17) is 0 Å². The second kappa shape index (κ2) is 6.96. The van der Waals surface area contributed by atoms with Crippen LogP contribution in [0.4, 0.5) is 0 Å². The molecule has 1 aliphatic rings. The quantitative estimate of drug-likeness (QED) is 0.931. The molecule has 6 nitrogen and oxygen atoms in total. The van der Waals surface area contributed by atoms with Crippen molar-refractivity contribution in [2.75, 3.05) is 6.54 Å². The van der Waals surface area contributed by atoms with Crippen molar-refractivity contribution in [3.8, 4) is 0 Å². The number of aliphatic hydroxyl groups excluding tert-OH is 1. The van der Waals surface area contributed by atoms with Crippen molar-refractivity contribution in [1.29, 1.82) is 0 Å².